The third-order valence-corrected chi connectivity index (χ3v) is 6.82. The van der Waals surface area contributed by atoms with Crippen molar-refractivity contribution in [3.8, 4) is 5.75 Å². The maximum absolute atomic E-state index is 12.8. The molecule has 0 spiro atoms. The predicted molar refractivity (Wildman–Crippen MR) is 119 cm³/mol. The summed E-state index contributed by atoms with van der Waals surface area (Å²) in [6, 6.07) is 11.5. The van der Waals surface area contributed by atoms with Gasteiger partial charge in [0, 0.05) is 31.4 Å². The van der Waals surface area contributed by atoms with E-state index in [0.29, 0.717) is 35.8 Å². The van der Waals surface area contributed by atoms with Gasteiger partial charge in [0.15, 0.2) is 6.61 Å². The zero-order chi connectivity index (χ0) is 22.4. The first-order valence-corrected chi connectivity index (χ1v) is 11.6. The summed E-state index contributed by atoms with van der Waals surface area (Å²) in [5.41, 5.74) is 1.74. The molecule has 1 aliphatic rings. The van der Waals surface area contributed by atoms with E-state index in [1.807, 2.05) is 0 Å². The minimum Gasteiger partial charge on any atom is -0.483 e. The number of nitrogens with zero attached hydrogens (tertiary/aromatic N) is 1. The number of benzene rings is 2. The minimum atomic E-state index is -3.52. The smallest absolute Gasteiger partial charge is 0.262 e. The quantitative estimate of drug-likeness (QED) is 0.681. The Balaban J connectivity index is 1.60. The van der Waals surface area contributed by atoms with Gasteiger partial charge in [-0.05, 0) is 61.7 Å². The topological polar surface area (TPSA) is 105 Å². The van der Waals surface area contributed by atoms with Gasteiger partial charge in [0.2, 0.25) is 15.9 Å². The highest BCUT2D eigenvalue weighted by Gasteiger charge is 2.26. The number of piperidine rings is 1. The molecule has 0 radical (unpaired) electrons. The van der Waals surface area contributed by atoms with E-state index < -0.39 is 10.0 Å². The van der Waals surface area contributed by atoms with Gasteiger partial charge in [0.05, 0.1) is 4.90 Å². The zero-order valence-corrected chi connectivity index (χ0v) is 18.5. The highest BCUT2D eigenvalue weighted by atomic mass is 32.2. The molecule has 166 valence electrons. The van der Waals surface area contributed by atoms with Crippen molar-refractivity contribution >= 4 is 33.2 Å². The number of rotatable bonds is 7. The SMILES string of the molecule is CC(=O)Nc1cccc(NC(=O)COc2ccc(S(=O)(=O)N3CCCCC3)cc2C)c1. The zero-order valence-electron chi connectivity index (χ0n) is 17.7. The van der Waals surface area contributed by atoms with E-state index in [9.17, 15) is 18.0 Å². The number of hydrogen-bond acceptors (Lipinski definition) is 5. The van der Waals surface area contributed by atoms with Crippen LogP contribution in [0.15, 0.2) is 47.4 Å². The third-order valence-electron chi connectivity index (χ3n) is 4.92. The maximum Gasteiger partial charge on any atom is 0.262 e. The van der Waals surface area contributed by atoms with Crippen LogP contribution >= 0.6 is 0 Å². The molecule has 1 fully saturated rings. The summed E-state index contributed by atoms with van der Waals surface area (Å²) >= 11 is 0. The average molecular weight is 446 g/mol. The van der Waals surface area contributed by atoms with Crippen molar-refractivity contribution in [1.29, 1.82) is 0 Å². The maximum atomic E-state index is 12.8. The van der Waals surface area contributed by atoms with Crippen LogP contribution in [0.5, 0.6) is 5.75 Å². The number of aryl methyl sites for hydroxylation is 1. The Kier molecular flexibility index (Phi) is 7.29. The molecule has 0 atom stereocenters. The summed E-state index contributed by atoms with van der Waals surface area (Å²) in [5.74, 6) is -0.128. The molecule has 0 saturated carbocycles. The highest BCUT2D eigenvalue weighted by Crippen LogP contribution is 2.26. The Labute approximate surface area is 182 Å². The molecule has 3 rings (SSSR count). The summed E-state index contributed by atoms with van der Waals surface area (Å²) in [5, 5.41) is 5.36. The van der Waals surface area contributed by atoms with Crippen molar-refractivity contribution in [3.63, 3.8) is 0 Å². The largest absolute Gasteiger partial charge is 0.483 e. The fourth-order valence-corrected chi connectivity index (χ4v) is 5.02. The van der Waals surface area contributed by atoms with Crippen molar-refractivity contribution < 1.29 is 22.7 Å². The van der Waals surface area contributed by atoms with Gasteiger partial charge in [-0.2, -0.15) is 4.31 Å². The number of ether oxygens (including phenoxy) is 1. The molecule has 0 unspecified atom stereocenters. The summed E-state index contributed by atoms with van der Waals surface area (Å²) in [6.07, 6.45) is 2.81. The molecule has 8 nitrogen and oxygen atoms in total. The minimum absolute atomic E-state index is 0.201. The van der Waals surface area contributed by atoms with Crippen LogP contribution in [-0.2, 0) is 19.6 Å². The number of amides is 2. The molecule has 1 heterocycles. The van der Waals surface area contributed by atoms with Crippen molar-refractivity contribution in [2.24, 2.45) is 0 Å². The number of hydrogen-bond donors (Lipinski definition) is 2. The number of carbonyl (C=O) groups excluding carboxylic acids is 2. The molecule has 2 amide bonds. The first kappa shape index (κ1) is 22.8. The number of sulfonamides is 1. The van der Waals surface area contributed by atoms with Crippen LogP contribution in [0.2, 0.25) is 0 Å². The van der Waals surface area contributed by atoms with Gasteiger partial charge >= 0.3 is 0 Å². The Bertz CT molecular complexity index is 1060. The van der Waals surface area contributed by atoms with E-state index in [1.165, 1.54) is 17.3 Å². The average Bonchev–Trinajstić information content (AvgIpc) is 2.73. The van der Waals surface area contributed by atoms with Crippen LogP contribution in [0.25, 0.3) is 0 Å². The molecule has 0 aromatic heterocycles. The highest BCUT2D eigenvalue weighted by molar-refractivity contribution is 7.89. The van der Waals surface area contributed by atoms with Gasteiger partial charge in [-0.15, -0.1) is 0 Å². The Morgan fingerprint density at radius 2 is 1.68 bits per heavy atom. The number of carbonyl (C=O) groups is 2. The number of nitrogens with one attached hydrogen (secondary N) is 2. The fraction of sp³-hybridized carbons (Fsp3) is 0.364. The van der Waals surface area contributed by atoms with E-state index in [2.05, 4.69) is 10.6 Å². The Hall–Kier alpha value is -2.91. The second kappa shape index (κ2) is 9.93. The van der Waals surface area contributed by atoms with Gasteiger partial charge in [0.25, 0.3) is 5.91 Å². The molecule has 2 aromatic rings. The lowest BCUT2D eigenvalue weighted by Gasteiger charge is -2.26. The Morgan fingerprint density at radius 3 is 2.32 bits per heavy atom. The monoisotopic (exact) mass is 445 g/mol. The van der Waals surface area contributed by atoms with Crippen LogP contribution in [0.1, 0.15) is 31.7 Å². The second-order valence-electron chi connectivity index (χ2n) is 7.49. The number of anilines is 2. The Morgan fingerprint density at radius 1 is 1.00 bits per heavy atom. The molecule has 0 aliphatic carbocycles. The summed E-state index contributed by atoms with van der Waals surface area (Å²) < 4.78 is 32.7. The third kappa shape index (κ3) is 6.05. The lowest BCUT2D eigenvalue weighted by atomic mass is 10.2. The van der Waals surface area contributed by atoms with E-state index >= 15 is 0 Å². The van der Waals surface area contributed by atoms with Gasteiger partial charge in [-0.25, -0.2) is 8.42 Å². The van der Waals surface area contributed by atoms with Crippen molar-refractivity contribution in [2.75, 3.05) is 30.3 Å². The van der Waals surface area contributed by atoms with Crippen molar-refractivity contribution in [3.05, 3.63) is 48.0 Å². The van der Waals surface area contributed by atoms with Gasteiger partial charge < -0.3 is 15.4 Å². The van der Waals surface area contributed by atoms with Crippen LogP contribution < -0.4 is 15.4 Å². The van der Waals surface area contributed by atoms with Crippen LogP contribution in [0.3, 0.4) is 0 Å². The molecule has 0 bridgehead atoms. The summed E-state index contributed by atoms with van der Waals surface area (Å²) in [6.45, 7) is 4.01. The van der Waals surface area contributed by atoms with E-state index in [4.69, 9.17) is 4.74 Å². The van der Waals surface area contributed by atoms with Crippen molar-refractivity contribution in [1.82, 2.24) is 4.31 Å². The van der Waals surface area contributed by atoms with Crippen molar-refractivity contribution in [2.45, 2.75) is 38.0 Å². The molecule has 1 saturated heterocycles. The summed E-state index contributed by atoms with van der Waals surface area (Å²) in [7, 11) is -3.52. The van der Waals surface area contributed by atoms with Crippen LogP contribution in [0.4, 0.5) is 11.4 Å². The fourth-order valence-electron chi connectivity index (χ4n) is 3.42. The molecule has 2 aromatic carbocycles. The van der Waals surface area contributed by atoms with E-state index in [0.717, 1.165) is 19.3 Å². The lowest BCUT2D eigenvalue weighted by molar-refractivity contribution is -0.118. The molecular weight excluding hydrogens is 418 g/mol. The molecule has 2 N–H and O–H groups in total. The van der Waals surface area contributed by atoms with Crippen LogP contribution in [-0.4, -0.2) is 44.2 Å². The van der Waals surface area contributed by atoms with Gasteiger partial charge in [-0.3, -0.25) is 9.59 Å². The first-order chi connectivity index (χ1) is 14.8. The van der Waals surface area contributed by atoms with Crippen LogP contribution in [0, 0.1) is 6.92 Å². The predicted octanol–water partition coefficient (Wildman–Crippen LogP) is 3.15. The molecule has 9 heteroatoms. The first-order valence-electron chi connectivity index (χ1n) is 10.2. The normalized spacial score (nSPS) is 14.6. The van der Waals surface area contributed by atoms with E-state index in [1.54, 1.807) is 43.3 Å². The second-order valence-corrected chi connectivity index (χ2v) is 9.43. The van der Waals surface area contributed by atoms with E-state index in [-0.39, 0.29) is 23.3 Å². The van der Waals surface area contributed by atoms with Gasteiger partial charge in [-0.1, -0.05) is 12.5 Å². The summed E-state index contributed by atoms with van der Waals surface area (Å²) in [4.78, 5) is 23.6. The van der Waals surface area contributed by atoms with Gasteiger partial charge in [0.1, 0.15) is 5.75 Å². The lowest BCUT2D eigenvalue weighted by Crippen LogP contribution is -2.35. The molecule has 31 heavy (non-hydrogen) atoms. The molecule has 1 aliphatic heterocycles. The standard InChI is InChI=1S/C22H27N3O5S/c1-16-13-20(31(28,29)25-11-4-3-5-12-25)9-10-21(16)30-15-22(27)24-19-8-6-7-18(14-19)23-17(2)26/h6-10,13-14H,3-5,11-12,15H2,1-2H3,(H,23,26)(H,24,27). The molecular formula is C22H27N3O5S.